The Morgan fingerprint density at radius 3 is 2.38 bits per heavy atom. The highest BCUT2D eigenvalue weighted by Gasteiger charge is 2.45. The number of ether oxygens (including phenoxy) is 1. The van der Waals surface area contributed by atoms with E-state index in [4.69, 9.17) is 21.6 Å². The van der Waals surface area contributed by atoms with Gasteiger partial charge in [0.25, 0.3) is 0 Å². The summed E-state index contributed by atoms with van der Waals surface area (Å²) in [6, 6.07) is 6.10. The summed E-state index contributed by atoms with van der Waals surface area (Å²) in [4.78, 5) is 4.14. The molecule has 0 N–H and O–H groups in total. The van der Waals surface area contributed by atoms with E-state index in [1.807, 2.05) is 6.07 Å². The van der Waals surface area contributed by atoms with Crippen LogP contribution in [-0.4, -0.2) is 17.3 Å². The van der Waals surface area contributed by atoms with Gasteiger partial charge in [0.15, 0.2) is 6.10 Å². The third-order valence-electron chi connectivity index (χ3n) is 5.49. The monoisotopic (exact) mass is 496 g/mol. The molecular weight excluding hydrogens is 478 g/mol. The lowest BCUT2D eigenvalue weighted by Crippen LogP contribution is -2.27. The van der Waals surface area contributed by atoms with Gasteiger partial charge < -0.3 is 4.74 Å². The first kappa shape index (κ1) is 24.8. The molecule has 11 heteroatoms. The Labute approximate surface area is 190 Å². The molecule has 3 rings (SSSR count). The minimum absolute atomic E-state index is 0.0548. The highest BCUT2D eigenvalue weighted by atomic mass is 35.5. The molecular formula is C21H19ClF6N2OS. The molecule has 0 aliphatic heterocycles. The molecule has 0 bridgehead atoms. The predicted octanol–water partition coefficient (Wildman–Crippen LogP) is 7.63. The smallest absolute Gasteiger partial charge is 0.358 e. The number of aryl methyl sites for hydroxylation is 1. The molecule has 1 aromatic carbocycles. The average molecular weight is 497 g/mol. The van der Waals surface area contributed by atoms with Gasteiger partial charge in [0.1, 0.15) is 6.07 Å². The lowest BCUT2D eigenvalue weighted by molar-refractivity contribution is -0.226. The molecule has 1 heterocycles. The molecule has 0 saturated heterocycles. The zero-order chi connectivity index (χ0) is 23.7. The molecule has 1 saturated carbocycles. The van der Waals surface area contributed by atoms with E-state index in [1.165, 1.54) is 25.1 Å². The van der Waals surface area contributed by atoms with Gasteiger partial charge in [-0.1, -0.05) is 17.7 Å². The van der Waals surface area contributed by atoms with Crippen LogP contribution in [0, 0.1) is 24.2 Å². The van der Waals surface area contributed by atoms with Crippen LogP contribution < -0.4 is 0 Å². The Hall–Kier alpha value is -1.83. The van der Waals surface area contributed by atoms with Gasteiger partial charge in [-0.3, -0.25) is 0 Å². The maximum absolute atomic E-state index is 13.8. The summed E-state index contributed by atoms with van der Waals surface area (Å²) < 4.78 is 85.2. The molecule has 174 valence electrons. The van der Waals surface area contributed by atoms with Crippen molar-refractivity contribution in [1.29, 1.82) is 5.26 Å². The van der Waals surface area contributed by atoms with Gasteiger partial charge in [-0.05, 0) is 50.3 Å². The van der Waals surface area contributed by atoms with Crippen LogP contribution >= 0.6 is 22.9 Å². The molecule has 1 aliphatic carbocycles. The van der Waals surface area contributed by atoms with Gasteiger partial charge in [-0.2, -0.15) is 31.6 Å². The molecule has 3 nitrogen and oxygen atoms in total. The Morgan fingerprint density at radius 1 is 1.19 bits per heavy atom. The standard InChI is InChI=1S/C21H19ClF6N2OS/c1-11-17(32-19(30-11)13-4-6-15(7-5-13)20(23,24)25)18(21(26,27)28)31-10-12-2-3-14(9-29)16(22)8-12/h2-3,8,13,15,18H,4-7,10H2,1H3. The second-order valence-corrected chi connectivity index (χ2v) is 9.22. The second kappa shape index (κ2) is 9.57. The fraction of sp³-hybridized carbons (Fsp3) is 0.524. The van der Waals surface area contributed by atoms with Gasteiger partial charge in [0.2, 0.25) is 0 Å². The van der Waals surface area contributed by atoms with Crippen molar-refractivity contribution in [1.82, 2.24) is 4.98 Å². The van der Waals surface area contributed by atoms with E-state index >= 15 is 0 Å². The molecule has 1 fully saturated rings. The van der Waals surface area contributed by atoms with Crippen LogP contribution in [0.5, 0.6) is 0 Å². The number of hydrogen-bond donors (Lipinski definition) is 0. The van der Waals surface area contributed by atoms with Gasteiger partial charge in [0.05, 0.1) is 38.7 Å². The third-order valence-corrected chi connectivity index (χ3v) is 7.17. The Morgan fingerprint density at radius 2 is 1.84 bits per heavy atom. The number of hydrogen-bond acceptors (Lipinski definition) is 4. The first-order valence-corrected chi connectivity index (χ1v) is 11.0. The lowest BCUT2D eigenvalue weighted by atomic mass is 9.82. The van der Waals surface area contributed by atoms with Crippen molar-refractivity contribution >= 4 is 22.9 Å². The fourth-order valence-electron chi connectivity index (χ4n) is 3.75. The number of aromatic nitrogens is 1. The van der Waals surface area contributed by atoms with Crippen molar-refractivity contribution in [3.05, 3.63) is 49.9 Å². The normalized spacial score (nSPS) is 20.7. The zero-order valence-corrected chi connectivity index (χ0v) is 18.4. The van der Waals surface area contributed by atoms with E-state index < -0.39 is 24.4 Å². The van der Waals surface area contributed by atoms with Gasteiger partial charge in [-0.15, -0.1) is 11.3 Å². The highest BCUT2D eigenvalue weighted by Crippen LogP contribution is 2.46. The van der Waals surface area contributed by atoms with Crippen molar-refractivity contribution in [3.63, 3.8) is 0 Å². The van der Waals surface area contributed by atoms with Crippen molar-refractivity contribution in [2.24, 2.45) is 5.92 Å². The van der Waals surface area contributed by atoms with E-state index in [0.717, 1.165) is 11.3 Å². The average Bonchev–Trinajstić information content (AvgIpc) is 3.08. The first-order valence-electron chi connectivity index (χ1n) is 9.81. The summed E-state index contributed by atoms with van der Waals surface area (Å²) in [5, 5.41) is 9.43. The number of nitrogens with zero attached hydrogens (tertiary/aromatic N) is 2. The summed E-state index contributed by atoms with van der Waals surface area (Å²) in [5.41, 5.74) is 0.727. The fourth-order valence-corrected chi connectivity index (χ4v) is 5.31. The second-order valence-electron chi connectivity index (χ2n) is 7.75. The quantitative estimate of drug-likeness (QED) is 0.400. The van der Waals surface area contributed by atoms with Crippen molar-refractivity contribution in [3.8, 4) is 6.07 Å². The topological polar surface area (TPSA) is 45.9 Å². The molecule has 32 heavy (non-hydrogen) atoms. The largest absolute Gasteiger partial charge is 0.419 e. The first-order chi connectivity index (χ1) is 14.9. The number of nitriles is 1. The maximum atomic E-state index is 13.8. The van der Waals surface area contributed by atoms with Gasteiger partial charge in [0, 0.05) is 5.92 Å². The van der Waals surface area contributed by atoms with E-state index in [-0.39, 0.29) is 59.4 Å². The number of thiazole rings is 1. The number of halogens is 7. The number of benzene rings is 1. The maximum Gasteiger partial charge on any atom is 0.419 e. The minimum Gasteiger partial charge on any atom is -0.358 e. The molecule has 1 aromatic heterocycles. The summed E-state index contributed by atoms with van der Waals surface area (Å²) in [6.07, 6.45) is -10.8. The minimum atomic E-state index is -4.71. The van der Waals surface area contributed by atoms with Crippen molar-refractivity contribution < 1.29 is 31.1 Å². The molecule has 1 aliphatic rings. The van der Waals surface area contributed by atoms with E-state index in [2.05, 4.69) is 4.98 Å². The SMILES string of the molecule is Cc1nc(C2CCC(C(F)(F)F)CC2)sc1C(OCc1ccc(C#N)c(Cl)c1)C(F)(F)F. The third kappa shape index (κ3) is 5.74. The molecule has 2 aromatic rings. The molecule has 0 amide bonds. The van der Waals surface area contributed by atoms with Crippen LogP contribution in [0.4, 0.5) is 26.3 Å². The summed E-state index contributed by atoms with van der Waals surface area (Å²) in [6.45, 7) is 1.05. The number of alkyl halides is 6. The van der Waals surface area contributed by atoms with Crippen LogP contribution in [0.25, 0.3) is 0 Å². The molecule has 1 atom stereocenters. The van der Waals surface area contributed by atoms with E-state index in [1.54, 1.807) is 0 Å². The summed E-state index contributed by atoms with van der Waals surface area (Å²) >= 11 is 6.77. The van der Waals surface area contributed by atoms with Crippen LogP contribution in [-0.2, 0) is 11.3 Å². The van der Waals surface area contributed by atoms with Crippen LogP contribution in [0.15, 0.2) is 18.2 Å². The Balaban J connectivity index is 1.75. The summed E-state index contributed by atoms with van der Waals surface area (Å²) in [7, 11) is 0. The predicted molar refractivity (Wildman–Crippen MR) is 107 cm³/mol. The van der Waals surface area contributed by atoms with Crippen LogP contribution in [0.2, 0.25) is 5.02 Å². The van der Waals surface area contributed by atoms with Crippen molar-refractivity contribution in [2.45, 2.75) is 63.6 Å². The van der Waals surface area contributed by atoms with E-state index in [9.17, 15) is 26.3 Å². The number of rotatable bonds is 5. The Kier molecular flexibility index (Phi) is 7.42. The van der Waals surface area contributed by atoms with Crippen molar-refractivity contribution in [2.75, 3.05) is 0 Å². The lowest BCUT2D eigenvalue weighted by Gasteiger charge is -2.28. The molecule has 0 spiro atoms. The molecule has 0 radical (unpaired) electrons. The van der Waals surface area contributed by atoms with Gasteiger partial charge in [-0.25, -0.2) is 4.98 Å². The molecule has 1 unspecified atom stereocenters. The van der Waals surface area contributed by atoms with Gasteiger partial charge >= 0.3 is 12.4 Å². The Bertz CT molecular complexity index is 990. The van der Waals surface area contributed by atoms with E-state index in [0.29, 0.717) is 10.6 Å². The highest BCUT2D eigenvalue weighted by molar-refractivity contribution is 7.11. The van der Waals surface area contributed by atoms with Crippen LogP contribution in [0.3, 0.4) is 0 Å². The summed E-state index contributed by atoms with van der Waals surface area (Å²) in [5.74, 6) is -1.66. The zero-order valence-electron chi connectivity index (χ0n) is 16.9. The van der Waals surface area contributed by atoms with Crippen LogP contribution in [0.1, 0.15) is 64.4 Å².